The van der Waals surface area contributed by atoms with E-state index in [1.165, 1.54) is 5.56 Å². The lowest BCUT2D eigenvalue weighted by Crippen LogP contribution is -2.12. The molecule has 0 fully saturated rings. The number of carbonyl (C=O) groups excluding carboxylic acids is 1. The molecule has 0 bridgehead atoms. The number of aryl methyl sites for hydroxylation is 1. The summed E-state index contributed by atoms with van der Waals surface area (Å²) in [6, 6.07) is 17.5. The Kier molecular flexibility index (Phi) is 4.53. The predicted molar refractivity (Wildman–Crippen MR) is 96.5 cm³/mol. The fourth-order valence-electron chi connectivity index (χ4n) is 2.24. The minimum atomic E-state index is -0.176. The average Bonchev–Trinajstić information content (AvgIpc) is 2.56. The number of carbonyl (C=O) groups is 1. The third-order valence-corrected chi connectivity index (χ3v) is 3.96. The van der Waals surface area contributed by atoms with Crippen LogP contribution in [0.3, 0.4) is 0 Å². The molecule has 1 aromatic heterocycles. The number of hydrogen-bond acceptors (Lipinski definition) is 2. The summed E-state index contributed by atoms with van der Waals surface area (Å²) in [5.74, 6) is -0.176. The van der Waals surface area contributed by atoms with Crippen LogP contribution in [0.15, 0.2) is 71.5 Å². The van der Waals surface area contributed by atoms with Crippen LogP contribution in [0, 0.1) is 6.92 Å². The summed E-state index contributed by atoms with van der Waals surface area (Å²) in [5.41, 5.74) is 4.44. The number of hydrogen-bond donors (Lipinski definition) is 1. The van der Waals surface area contributed by atoms with Gasteiger partial charge in [-0.2, -0.15) is 0 Å². The van der Waals surface area contributed by atoms with Gasteiger partial charge in [0.2, 0.25) is 0 Å². The molecule has 1 heterocycles. The summed E-state index contributed by atoms with van der Waals surface area (Å²) in [5, 5.41) is 2.88. The highest BCUT2D eigenvalue weighted by Gasteiger charge is 2.08. The second-order valence-corrected chi connectivity index (χ2v) is 6.21. The fourth-order valence-corrected chi connectivity index (χ4v) is 2.64. The zero-order valence-electron chi connectivity index (χ0n) is 12.6. The van der Waals surface area contributed by atoms with Gasteiger partial charge >= 0.3 is 0 Å². The molecule has 2 aromatic carbocycles. The van der Waals surface area contributed by atoms with E-state index in [1.54, 1.807) is 12.4 Å². The van der Waals surface area contributed by atoms with Crippen molar-refractivity contribution in [2.24, 2.45) is 0 Å². The van der Waals surface area contributed by atoms with Gasteiger partial charge in [0.15, 0.2) is 0 Å². The first-order valence-electron chi connectivity index (χ1n) is 7.21. The van der Waals surface area contributed by atoms with Gasteiger partial charge in [0, 0.05) is 28.1 Å². The van der Waals surface area contributed by atoms with E-state index in [1.807, 2.05) is 61.5 Å². The maximum atomic E-state index is 12.4. The van der Waals surface area contributed by atoms with Gasteiger partial charge in [-0.15, -0.1) is 0 Å². The van der Waals surface area contributed by atoms with Gasteiger partial charge in [-0.05, 0) is 36.8 Å². The van der Waals surface area contributed by atoms with E-state index in [4.69, 9.17) is 0 Å². The van der Waals surface area contributed by atoms with Crippen molar-refractivity contribution in [3.63, 3.8) is 0 Å². The normalized spacial score (nSPS) is 10.3. The Morgan fingerprint density at radius 1 is 1.00 bits per heavy atom. The number of pyridine rings is 1. The van der Waals surface area contributed by atoms with Crippen molar-refractivity contribution in [1.29, 1.82) is 0 Å². The third-order valence-electron chi connectivity index (χ3n) is 3.47. The van der Waals surface area contributed by atoms with Crippen molar-refractivity contribution in [3.05, 3.63) is 82.6 Å². The quantitative estimate of drug-likeness (QED) is 0.702. The van der Waals surface area contributed by atoms with Crippen LogP contribution >= 0.6 is 15.9 Å². The monoisotopic (exact) mass is 366 g/mol. The molecule has 114 valence electrons. The number of benzene rings is 2. The van der Waals surface area contributed by atoms with Crippen LogP contribution in [0.2, 0.25) is 0 Å². The molecule has 0 saturated heterocycles. The predicted octanol–water partition coefficient (Wildman–Crippen LogP) is 5.07. The number of nitrogens with one attached hydrogen (secondary N) is 1. The number of amides is 1. The van der Waals surface area contributed by atoms with Gasteiger partial charge in [0.1, 0.15) is 0 Å². The summed E-state index contributed by atoms with van der Waals surface area (Å²) >= 11 is 3.39. The fraction of sp³-hybridized carbons (Fsp3) is 0.0526. The van der Waals surface area contributed by atoms with Crippen LogP contribution in [-0.4, -0.2) is 10.9 Å². The molecule has 3 aromatic rings. The Bertz CT molecular complexity index is 844. The number of nitrogens with zero attached hydrogens (tertiary/aromatic N) is 1. The van der Waals surface area contributed by atoms with Gasteiger partial charge in [0.25, 0.3) is 5.91 Å². The molecule has 0 aliphatic heterocycles. The highest BCUT2D eigenvalue weighted by atomic mass is 79.9. The molecule has 0 aliphatic rings. The molecule has 0 saturated carbocycles. The Morgan fingerprint density at radius 3 is 2.52 bits per heavy atom. The van der Waals surface area contributed by atoms with E-state index in [2.05, 4.69) is 26.2 Å². The van der Waals surface area contributed by atoms with Crippen LogP contribution < -0.4 is 5.32 Å². The van der Waals surface area contributed by atoms with Gasteiger partial charge < -0.3 is 5.32 Å². The molecule has 0 spiro atoms. The summed E-state index contributed by atoms with van der Waals surface area (Å²) in [4.78, 5) is 16.6. The zero-order valence-corrected chi connectivity index (χ0v) is 14.2. The second kappa shape index (κ2) is 6.75. The maximum absolute atomic E-state index is 12.4. The molecule has 1 N–H and O–H groups in total. The second-order valence-electron chi connectivity index (χ2n) is 5.29. The smallest absolute Gasteiger partial charge is 0.257 e. The van der Waals surface area contributed by atoms with Crippen molar-refractivity contribution in [2.45, 2.75) is 6.92 Å². The average molecular weight is 367 g/mol. The summed E-state index contributed by atoms with van der Waals surface area (Å²) in [6.45, 7) is 2.05. The van der Waals surface area contributed by atoms with Gasteiger partial charge in [-0.1, -0.05) is 51.8 Å². The van der Waals surface area contributed by atoms with E-state index < -0.39 is 0 Å². The lowest BCUT2D eigenvalue weighted by Gasteiger charge is -2.07. The Hall–Kier alpha value is -2.46. The Labute approximate surface area is 143 Å². The molecule has 4 heteroatoms. The Balaban J connectivity index is 1.84. The topological polar surface area (TPSA) is 42.0 Å². The molecular weight excluding hydrogens is 352 g/mol. The zero-order chi connectivity index (χ0) is 16.2. The standard InChI is InChI=1S/C19H15BrN2O/c1-13-5-7-14(8-6-13)15-9-16(12-21-11-15)19(23)22-18-4-2-3-17(20)10-18/h2-12H,1H3,(H,22,23). The Morgan fingerprint density at radius 2 is 1.78 bits per heavy atom. The first-order valence-corrected chi connectivity index (χ1v) is 8.00. The molecular formula is C19H15BrN2O. The van der Waals surface area contributed by atoms with Crippen molar-refractivity contribution < 1.29 is 4.79 Å². The van der Waals surface area contributed by atoms with Crippen molar-refractivity contribution in [2.75, 3.05) is 5.32 Å². The van der Waals surface area contributed by atoms with Crippen LogP contribution in [0.5, 0.6) is 0 Å². The highest BCUT2D eigenvalue weighted by molar-refractivity contribution is 9.10. The molecule has 23 heavy (non-hydrogen) atoms. The van der Waals surface area contributed by atoms with E-state index in [0.717, 1.165) is 21.3 Å². The van der Waals surface area contributed by atoms with Crippen LogP contribution in [-0.2, 0) is 0 Å². The summed E-state index contributed by atoms with van der Waals surface area (Å²) in [6.07, 6.45) is 3.34. The molecule has 3 nitrogen and oxygen atoms in total. The molecule has 0 unspecified atom stereocenters. The highest BCUT2D eigenvalue weighted by Crippen LogP contribution is 2.21. The molecule has 0 atom stereocenters. The number of halogens is 1. The van der Waals surface area contributed by atoms with E-state index in [-0.39, 0.29) is 5.91 Å². The first kappa shape index (κ1) is 15.4. The third kappa shape index (κ3) is 3.85. The van der Waals surface area contributed by atoms with Crippen molar-refractivity contribution in [3.8, 4) is 11.1 Å². The SMILES string of the molecule is Cc1ccc(-c2cncc(C(=O)Nc3cccc(Br)c3)c2)cc1. The molecule has 3 rings (SSSR count). The molecule has 1 amide bonds. The number of rotatable bonds is 3. The van der Waals surface area contributed by atoms with Crippen molar-refractivity contribution >= 4 is 27.5 Å². The molecule has 0 radical (unpaired) electrons. The van der Waals surface area contributed by atoms with Crippen LogP contribution in [0.25, 0.3) is 11.1 Å². The molecule has 0 aliphatic carbocycles. The lowest BCUT2D eigenvalue weighted by molar-refractivity contribution is 0.102. The van der Waals surface area contributed by atoms with Gasteiger partial charge in [-0.25, -0.2) is 0 Å². The van der Waals surface area contributed by atoms with Crippen LogP contribution in [0.1, 0.15) is 15.9 Å². The van der Waals surface area contributed by atoms with Gasteiger partial charge in [-0.3, -0.25) is 9.78 Å². The largest absolute Gasteiger partial charge is 0.322 e. The summed E-state index contributed by atoms with van der Waals surface area (Å²) < 4.78 is 0.918. The van der Waals surface area contributed by atoms with E-state index >= 15 is 0 Å². The number of aromatic nitrogens is 1. The van der Waals surface area contributed by atoms with Crippen molar-refractivity contribution in [1.82, 2.24) is 4.98 Å². The van der Waals surface area contributed by atoms with Gasteiger partial charge in [0.05, 0.1) is 5.56 Å². The van der Waals surface area contributed by atoms with Crippen LogP contribution in [0.4, 0.5) is 5.69 Å². The minimum absolute atomic E-state index is 0.176. The summed E-state index contributed by atoms with van der Waals surface area (Å²) in [7, 11) is 0. The lowest BCUT2D eigenvalue weighted by atomic mass is 10.0. The number of anilines is 1. The van der Waals surface area contributed by atoms with E-state index in [9.17, 15) is 4.79 Å². The minimum Gasteiger partial charge on any atom is -0.322 e. The van der Waals surface area contributed by atoms with E-state index in [0.29, 0.717) is 5.56 Å². The maximum Gasteiger partial charge on any atom is 0.257 e. The first-order chi connectivity index (χ1) is 11.1.